The molecule has 0 aliphatic rings. The zero-order chi connectivity index (χ0) is 7.49. The first-order valence-electron chi connectivity index (χ1n) is 2.81. The van der Waals surface area contributed by atoms with Crippen LogP contribution in [0.5, 0.6) is 0 Å². The fraction of sp³-hybridized carbons (Fsp3) is 1.00. The highest BCUT2D eigenvalue weighted by atomic mass is 35.7. The molecule has 0 atom stereocenters. The van der Waals surface area contributed by atoms with Crippen LogP contribution in [0.15, 0.2) is 0 Å². The molecular weight excluding hydrogens is 175 g/mol. The largest absolute Gasteiger partial charge is 0.405 e. The molecule has 0 saturated carbocycles. The van der Waals surface area contributed by atoms with Crippen LogP contribution < -0.4 is 4.98 Å². The van der Waals surface area contributed by atoms with Gasteiger partial charge in [0, 0.05) is 0 Å². The molecule has 0 radical (unpaired) electrons. The van der Waals surface area contributed by atoms with E-state index in [4.69, 9.17) is 22.2 Å². The summed E-state index contributed by atoms with van der Waals surface area (Å²) < 4.78 is 1.83. The fourth-order valence-corrected chi connectivity index (χ4v) is 1.91. The Morgan fingerprint density at radius 1 is 1.44 bits per heavy atom. The van der Waals surface area contributed by atoms with E-state index < -0.39 is 7.02 Å². The molecule has 0 saturated heterocycles. The van der Waals surface area contributed by atoms with Crippen LogP contribution in [0, 0.1) is 0 Å². The van der Waals surface area contributed by atoms with Crippen molar-refractivity contribution < 1.29 is 0 Å². The zero-order valence-electron chi connectivity index (χ0n) is 5.91. The second kappa shape index (κ2) is 3.78. The second-order valence-electron chi connectivity index (χ2n) is 1.97. The van der Waals surface area contributed by atoms with Crippen LogP contribution in [0.1, 0.15) is 6.92 Å². The lowest BCUT2D eigenvalue weighted by molar-refractivity contribution is 0.626. The molecule has 1 N–H and O–H groups in total. The summed E-state index contributed by atoms with van der Waals surface area (Å²) in [7, 11) is 1.49. The summed E-state index contributed by atoms with van der Waals surface area (Å²) in [5.41, 5.74) is 0. The molecule has 0 aliphatic heterocycles. The molecule has 0 aromatic carbocycles. The van der Waals surface area contributed by atoms with Gasteiger partial charge in [0.05, 0.1) is 0 Å². The van der Waals surface area contributed by atoms with Crippen LogP contribution in [0.25, 0.3) is 0 Å². The summed E-state index contributed by atoms with van der Waals surface area (Å²) in [6, 6.07) is 0. The van der Waals surface area contributed by atoms with Crippen LogP contribution in [-0.2, 0) is 0 Å². The maximum atomic E-state index is 5.89. The van der Waals surface area contributed by atoms with Gasteiger partial charge in [0.25, 0.3) is 0 Å². The van der Waals surface area contributed by atoms with E-state index in [0.717, 1.165) is 6.54 Å². The van der Waals surface area contributed by atoms with E-state index in [2.05, 4.69) is 4.98 Å². The standard InChI is InChI=1S/C4H12Cl2N2Si/c1-4-7-9(5,6)8(2)3/h7H,4H2,1-3H3. The van der Waals surface area contributed by atoms with Gasteiger partial charge in [0.2, 0.25) is 0 Å². The van der Waals surface area contributed by atoms with E-state index in [-0.39, 0.29) is 0 Å². The highest BCUT2D eigenvalue weighted by Crippen LogP contribution is 2.11. The summed E-state index contributed by atoms with van der Waals surface area (Å²) >= 11 is 11.8. The predicted octanol–water partition coefficient (Wildman–Crippen LogP) is 1.07. The first-order chi connectivity index (χ1) is 4.00. The number of nitrogens with zero attached hydrogens (tertiary/aromatic N) is 1. The average Bonchev–Trinajstić information content (AvgIpc) is 1.65. The Balaban J connectivity index is 3.70. The van der Waals surface area contributed by atoms with Crippen LogP contribution >= 0.6 is 22.2 Å². The highest BCUT2D eigenvalue weighted by molar-refractivity contribution is 7.42. The van der Waals surface area contributed by atoms with Gasteiger partial charge in [-0.05, 0) is 20.6 Å². The van der Waals surface area contributed by atoms with Crippen LogP contribution in [0.4, 0.5) is 0 Å². The predicted molar refractivity (Wildman–Crippen MR) is 44.8 cm³/mol. The monoisotopic (exact) mass is 186 g/mol. The molecule has 2 nitrogen and oxygen atoms in total. The molecule has 0 fully saturated rings. The van der Waals surface area contributed by atoms with Crippen LogP contribution in [0.2, 0.25) is 0 Å². The first-order valence-corrected chi connectivity index (χ1v) is 6.78. The molecule has 0 heterocycles. The minimum atomic E-state index is -2.25. The SMILES string of the molecule is CCN[Si](Cl)(Cl)N(C)C. The second-order valence-corrected chi connectivity index (χ2v) is 8.16. The Morgan fingerprint density at radius 3 is 2.00 bits per heavy atom. The van der Waals surface area contributed by atoms with Gasteiger partial charge in [-0.1, -0.05) is 6.92 Å². The van der Waals surface area contributed by atoms with E-state index in [1.54, 1.807) is 0 Å². The third kappa shape index (κ3) is 3.42. The van der Waals surface area contributed by atoms with Crippen molar-refractivity contribution in [3.63, 3.8) is 0 Å². The van der Waals surface area contributed by atoms with Crippen molar-refractivity contribution in [2.75, 3.05) is 20.6 Å². The van der Waals surface area contributed by atoms with Crippen molar-refractivity contribution >= 4 is 29.2 Å². The maximum absolute atomic E-state index is 5.89. The Hall–Kier alpha value is 0.717. The van der Waals surface area contributed by atoms with E-state index in [9.17, 15) is 0 Å². The number of halogens is 2. The molecule has 0 unspecified atom stereocenters. The lowest BCUT2D eigenvalue weighted by Crippen LogP contribution is -2.52. The number of rotatable bonds is 3. The van der Waals surface area contributed by atoms with Gasteiger partial charge >= 0.3 is 7.02 Å². The normalized spacial score (nSPS) is 12.7. The smallest absolute Gasteiger partial charge is 0.301 e. The van der Waals surface area contributed by atoms with E-state index in [0.29, 0.717) is 0 Å². The third-order valence-electron chi connectivity index (χ3n) is 0.951. The summed E-state index contributed by atoms with van der Waals surface area (Å²) in [5.74, 6) is 0. The van der Waals surface area contributed by atoms with Crippen molar-refractivity contribution in [2.45, 2.75) is 6.92 Å². The van der Waals surface area contributed by atoms with Gasteiger partial charge in [0.15, 0.2) is 0 Å². The molecule has 0 aromatic rings. The van der Waals surface area contributed by atoms with Crippen LogP contribution in [-0.4, -0.2) is 32.2 Å². The van der Waals surface area contributed by atoms with Crippen molar-refractivity contribution in [1.29, 1.82) is 0 Å². The Labute approximate surface area is 66.7 Å². The summed E-state index contributed by atoms with van der Waals surface area (Å²) in [6.07, 6.45) is 0. The van der Waals surface area contributed by atoms with Gasteiger partial charge < -0.3 is 4.98 Å². The Kier molecular flexibility index (Phi) is 4.08. The quantitative estimate of drug-likeness (QED) is 0.525. The summed E-state index contributed by atoms with van der Waals surface area (Å²) in [5, 5.41) is 0. The van der Waals surface area contributed by atoms with E-state index in [1.807, 2.05) is 25.6 Å². The molecule has 9 heavy (non-hydrogen) atoms. The first kappa shape index (κ1) is 9.72. The summed E-state index contributed by atoms with van der Waals surface area (Å²) in [6.45, 7) is 2.80. The van der Waals surface area contributed by atoms with Crippen LogP contribution in [0.3, 0.4) is 0 Å². The number of hydrogen-bond acceptors (Lipinski definition) is 2. The van der Waals surface area contributed by atoms with Crippen molar-refractivity contribution in [3.8, 4) is 0 Å². The molecule has 0 amide bonds. The van der Waals surface area contributed by atoms with Crippen molar-refractivity contribution in [2.24, 2.45) is 0 Å². The topological polar surface area (TPSA) is 15.3 Å². The Morgan fingerprint density at radius 2 is 1.89 bits per heavy atom. The van der Waals surface area contributed by atoms with Crippen molar-refractivity contribution in [3.05, 3.63) is 0 Å². The van der Waals surface area contributed by atoms with Crippen molar-refractivity contribution in [1.82, 2.24) is 9.55 Å². The van der Waals surface area contributed by atoms with E-state index >= 15 is 0 Å². The fourth-order valence-electron chi connectivity index (χ4n) is 0.371. The van der Waals surface area contributed by atoms with E-state index in [1.165, 1.54) is 0 Å². The number of hydrogen-bond donors (Lipinski definition) is 1. The summed E-state index contributed by atoms with van der Waals surface area (Å²) in [4.78, 5) is 3.02. The number of nitrogens with one attached hydrogen (secondary N) is 1. The minimum Gasteiger partial charge on any atom is -0.301 e. The van der Waals surface area contributed by atoms with Gasteiger partial charge in [-0.2, -0.15) is 0 Å². The molecule has 5 heteroatoms. The average molecular weight is 187 g/mol. The molecular formula is C4H12Cl2N2Si. The molecule has 0 aromatic heterocycles. The minimum absolute atomic E-state index is 0.817. The maximum Gasteiger partial charge on any atom is 0.405 e. The lowest BCUT2D eigenvalue weighted by Gasteiger charge is -2.23. The molecule has 0 aliphatic carbocycles. The van der Waals surface area contributed by atoms with Gasteiger partial charge in [-0.3, -0.25) is 4.57 Å². The highest BCUT2D eigenvalue weighted by Gasteiger charge is 2.30. The molecule has 0 spiro atoms. The molecule has 56 valence electrons. The third-order valence-corrected chi connectivity index (χ3v) is 5.68. The Bertz CT molecular complexity index is 86.6. The molecule has 0 rings (SSSR count). The van der Waals surface area contributed by atoms with Gasteiger partial charge in [-0.15, -0.1) is 22.2 Å². The van der Waals surface area contributed by atoms with Gasteiger partial charge in [-0.25, -0.2) is 0 Å². The van der Waals surface area contributed by atoms with Gasteiger partial charge in [0.1, 0.15) is 0 Å². The zero-order valence-corrected chi connectivity index (χ0v) is 8.42. The molecule has 0 bridgehead atoms. The lowest BCUT2D eigenvalue weighted by atomic mass is 10.8.